The number of amides is 1. The minimum Gasteiger partial charge on any atom is -0.389 e. The lowest BCUT2D eigenvalue weighted by atomic mass is 10.1. The summed E-state index contributed by atoms with van der Waals surface area (Å²) >= 11 is 4.88. The summed E-state index contributed by atoms with van der Waals surface area (Å²) in [6, 6.07) is 17.2. The third-order valence-corrected chi connectivity index (χ3v) is 3.17. The van der Waals surface area contributed by atoms with Crippen molar-refractivity contribution in [2.45, 2.75) is 12.8 Å². The number of aryl methyl sites for hydroxylation is 1. The molecule has 2 aromatic carbocycles. The number of nitrogens with two attached hydrogens (primary N) is 1. The van der Waals surface area contributed by atoms with Gasteiger partial charge in [0.15, 0.2) is 0 Å². The van der Waals surface area contributed by atoms with Crippen molar-refractivity contribution in [2.24, 2.45) is 5.73 Å². The van der Waals surface area contributed by atoms with Gasteiger partial charge in [-0.3, -0.25) is 4.79 Å². The fraction of sp³-hybridized carbons (Fsp3) is 0.125. The maximum atomic E-state index is 11.8. The smallest absolute Gasteiger partial charge is 0.224 e. The van der Waals surface area contributed by atoms with Gasteiger partial charge in [0.25, 0.3) is 0 Å². The summed E-state index contributed by atoms with van der Waals surface area (Å²) in [5, 5.41) is 2.86. The van der Waals surface area contributed by atoms with E-state index in [1.54, 1.807) is 24.3 Å². The molecule has 0 aliphatic rings. The fourth-order valence-electron chi connectivity index (χ4n) is 1.84. The molecule has 0 saturated heterocycles. The summed E-state index contributed by atoms with van der Waals surface area (Å²) in [6.45, 7) is 0. The number of rotatable bonds is 5. The summed E-state index contributed by atoms with van der Waals surface area (Å²) in [7, 11) is 0. The van der Waals surface area contributed by atoms with E-state index < -0.39 is 0 Å². The first-order valence-electron chi connectivity index (χ1n) is 6.39. The summed E-state index contributed by atoms with van der Waals surface area (Å²) in [4.78, 5) is 12.2. The van der Waals surface area contributed by atoms with Gasteiger partial charge in [-0.15, -0.1) is 0 Å². The first-order valence-corrected chi connectivity index (χ1v) is 6.79. The molecule has 0 heterocycles. The predicted molar refractivity (Wildman–Crippen MR) is 85.7 cm³/mol. The van der Waals surface area contributed by atoms with Crippen molar-refractivity contribution in [3.8, 4) is 0 Å². The molecule has 0 fully saturated rings. The van der Waals surface area contributed by atoms with Crippen LogP contribution in [-0.4, -0.2) is 10.9 Å². The van der Waals surface area contributed by atoms with Crippen molar-refractivity contribution >= 4 is 28.8 Å². The number of carbonyl (C=O) groups is 1. The molecule has 20 heavy (non-hydrogen) atoms. The molecule has 0 radical (unpaired) electrons. The number of anilines is 1. The van der Waals surface area contributed by atoms with E-state index in [1.807, 2.05) is 30.3 Å². The van der Waals surface area contributed by atoms with Crippen LogP contribution in [0.3, 0.4) is 0 Å². The predicted octanol–water partition coefficient (Wildman–Crippen LogP) is 2.89. The number of benzene rings is 2. The fourth-order valence-corrected chi connectivity index (χ4v) is 1.98. The minimum absolute atomic E-state index is 0.00284. The molecular formula is C16H16N2OS. The second kappa shape index (κ2) is 6.82. The van der Waals surface area contributed by atoms with Crippen LogP contribution in [0.25, 0.3) is 0 Å². The van der Waals surface area contributed by atoms with Crippen molar-refractivity contribution < 1.29 is 4.79 Å². The molecule has 3 N–H and O–H groups in total. The van der Waals surface area contributed by atoms with Crippen molar-refractivity contribution in [3.05, 3.63) is 65.7 Å². The van der Waals surface area contributed by atoms with Crippen molar-refractivity contribution in [3.63, 3.8) is 0 Å². The van der Waals surface area contributed by atoms with Gasteiger partial charge in [-0.1, -0.05) is 42.5 Å². The number of carbonyl (C=O) groups excluding carboxylic acids is 1. The Morgan fingerprint density at radius 2 is 1.70 bits per heavy atom. The zero-order valence-corrected chi connectivity index (χ0v) is 11.8. The van der Waals surface area contributed by atoms with Crippen LogP contribution < -0.4 is 11.1 Å². The molecule has 2 rings (SSSR count). The van der Waals surface area contributed by atoms with Crippen LogP contribution in [0.5, 0.6) is 0 Å². The molecular weight excluding hydrogens is 268 g/mol. The van der Waals surface area contributed by atoms with Crippen molar-refractivity contribution in [1.82, 2.24) is 0 Å². The van der Waals surface area contributed by atoms with Gasteiger partial charge in [0.2, 0.25) is 5.91 Å². The van der Waals surface area contributed by atoms with E-state index in [2.05, 4.69) is 5.32 Å². The molecule has 4 heteroatoms. The van der Waals surface area contributed by atoms with Gasteiger partial charge < -0.3 is 11.1 Å². The van der Waals surface area contributed by atoms with E-state index in [4.69, 9.17) is 18.0 Å². The number of hydrogen-bond acceptors (Lipinski definition) is 2. The summed E-state index contributed by atoms with van der Waals surface area (Å²) in [5.41, 5.74) is 8.23. The summed E-state index contributed by atoms with van der Waals surface area (Å²) in [6.07, 6.45) is 1.19. The molecule has 0 aliphatic heterocycles. The van der Waals surface area contributed by atoms with Gasteiger partial charge in [-0.2, -0.15) is 0 Å². The van der Waals surface area contributed by atoms with E-state index >= 15 is 0 Å². The molecule has 0 saturated carbocycles. The van der Waals surface area contributed by atoms with Crippen LogP contribution in [-0.2, 0) is 11.2 Å². The molecule has 0 bridgehead atoms. The van der Waals surface area contributed by atoms with Gasteiger partial charge >= 0.3 is 0 Å². The van der Waals surface area contributed by atoms with Gasteiger partial charge in [0, 0.05) is 17.7 Å². The average Bonchev–Trinajstić information content (AvgIpc) is 2.47. The third-order valence-electron chi connectivity index (χ3n) is 2.94. The monoisotopic (exact) mass is 284 g/mol. The van der Waals surface area contributed by atoms with Gasteiger partial charge in [-0.05, 0) is 36.2 Å². The highest BCUT2D eigenvalue weighted by Gasteiger charge is 2.03. The highest BCUT2D eigenvalue weighted by atomic mass is 32.1. The van der Waals surface area contributed by atoms with E-state index in [0.717, 1.165) is 23.2 Å². The van der Waals surface area contributed by atoms with E-state index in [9.17, 15) is 4.79 Å². The number of hydrogen-bond donors (Lipinski definition) is 2. The topological polar surface area (TPSA) is 55.1 Å². The molecule has 0 aliphatic carbocycles. The van der Waals surface area contributed by atoms with Crippen LogP contribution in [0.1, 0.15) is 17.5 Å². The van der Waals surface area contributed by atoms with Crippen LogP contribution in [0, 0.1) is 0 Å². The Labute approximate surface area is 123 Å². The maximum absolute atomic E-state index is 11.8. The van der Waals surface area contributed by atoms with Gasteiger partial charge in [-0.25, -0.2) is 0 Å². The normalized spacial score (nSPS) is 10.0. The van der Waals surface area contributed by atoms with Crippen LogP contribution >= 0.6 is 12.2 Å². The van der Waals surface area contributed by atoms with Crippen molar-refractivity contribution in [1.29, 1.82) is 0 Å². The number of thiocarbonyl (C=S) groups is 1. The van der Waals surface area contributed by atoms with Crippen LogP contribution in [0.2, 0.25) is 0 Å². The highest BCUT2D eigenvalue weighted by molar-refractivity contribution is 7.80. The second-order valence-corrected chi connectivity index (χ2v) is 4.92. The Kier molecular flexibility index (Phi) is 4.85. The number of nitrogens with one attached hydrogen (secondary N) is 1. The first kappa shape index (κ1) is 14.2. The quantitative estimate of drug-likeness (QED) is 0.830. The molecule has 1 amide bonds. The Hall–Kier alpha value is -2.20. The average molecular weight is 284 g/mol. The Balaban J connectivity index is 1.86. The molecule has 3 nitrogen and oxygen atoms in total. The molecule has 0 atom stereocenters. The Bertz CT molecular complexity index is 594. The molecule has 2 aromatic rings. The minimum atomic E-state index is -0.00284. The molecule has 0 unspecified atom stereocenters. The first-order chi connectivity index (χ1) is 9.65. The third kappa shape index (κ3) is 4.17. The Morgan fingerprint density at radius 3 is 2.30 bits per heavy atom. The van der Waals surface area contributed by atoms with Gasteiger partial charge in [0.1, 0.15) is 4.99 Å². The van der Waals surface area contributed by atoms with Crippen molar-refractivity contribution in [2.75, 3.05) is 5.32 Å². The SMILES string of the molecule is NC(=S)c1ccc(NC(=O)CCc2ccccc2)cc1. The lowest BCUT2D eigenvalue weighted by molar-refractivity contribution is -0.116. The largest absolute Gasteiger partial charge is 0.389 e. The van der Waals surface area contributed by atoms with Crippen LogP contribution in [0.4, 0.5) is 5.69 Å². The standard InChI is InChI=1S/C16H16N2OS/c17-16(20)13-7-9-14(10-8-13)18-15(19)11-6-12-4-2-1-3-5-12/h1-5,7-10H,6,11H2,(H2,17,20)(H,18,19). The molecule has 102 valence electrons. The lowest BCUT2D eigenvalue weighted by Crippen LogP contribution is -2.13. The van der Waals surface area contributed by atoms with E-state index in [-0.39, 0.29) is 5.91 Å². The molecule has 0 spiro atoms. The highest BCUT2D eigenvalue weighted by Crippen LogP contribution is 2.10. The van der Waals surface area contributed by atoms with E-state index in [0.29, 0.717) is 11.4 Å². The zero-order chi connectivity index (χ0) is 14.4. The second-order valence-electron chi connectivity index (χ2n) is 4.48. The summed E-state index contributed by atoms with van der Waals surface area (Å²) < 4.78 is 0. The summed E-state index contributed by atoms with van der Waals surface area (Å²) in [5.74, 6) is -0.00284. The maximum Gasteiger partial charge on any atom is 0.224 e. The Morgan fingerprint density at radius 1 is 1.05 bits per heavy atom. The van der Waals surface area contributed by atoms with Crippen LogP contribution in [0.15, 0.2) is 54.6 Å². The van der Waals surface area contributed by atoms with E-state index in [1.165, 1.54) is 0 Å². The zero-order valence-electron chi connectivity index (χ0n) is 11.0. The lowest BCUT2D eigenvalue weighted by Gasteiger charge is -2.06. The molecule has 0 aromatic heterocycles. The van der Waals surface area contributed by atoms with Gasteiger partial charge in [0.05, 0.1) is 0 Å².